The third-order valence-electron chi connectivity index (χ3n) is 3.49. The summed E-state index contributed by atoms with van der Waals surface area (Å²) in [4.78, 5) is 2.37. The molecule has 4 heteroatoms. The van der Waals surface area contributed by atoms with Gasteiger partial charge in [-0.25, -0.2) is 0 Å². The van der Waals surface area contributed by atoms with Crippen molar-refractivity contribution in [2.24, 2.45) is 0 Å². The van der Waals surface area contributed by atoms with E-state index >= 15 is 0 Å². The van der Waals surface area contributed by atoms with Gasteiger partial charge in [0.2, 0.25) is 0 Å². The number of rotatable bonds is 4. The van der Waals surface area contributed by atoms with E-state index in [9.17, 15) is 5.11 Å². The molecule has 1 aliphatic rings. The van der Waals surface area contributed by atoms with Gasteiger partial charge >= 0.3 is 0 Å². The number of nitrogens with zero attached hydrogens (tertiary/aromatic N) is 1. The number of phenolic OH excluding ortho intramolecular Hbond substituents is 1. The highest BCUT2D eigenvalue weighted by atomic mass is 16.5. The highest BCUT2D eigenvalue weighted by molar-refractivity contribution is 5.39. The van der Waals surface area contributed by atoms with Crippen LogP contribution in [0.3, 0.4) is 0 Å². The molecule has 1 aliphatic heterocycles. The number of ether oxygens (including phenoxy) is 2. The van der Waals surface area contributed by atoms with Crippen molar-refractivity contribution in [1.82, 2.24) is 4.90 Å². The maximum Gasteiger partial charge on any atom is 0.123 e. The molecular formula is C14H21NO3. The molecule has 0 aromatic heterocycles. The van der Waals surface area contributed by atoms with Gasteiger partial charge in [0.1, 0.15) is 11.5 Å². The van der Waals surface area contributed by atoms with Crippen LogP contribution < -0.4 is 4.74 Å². The number of morpholine rings is 1. The van der Waals surface area contributed by atoms with Crippen LogP contribution in [0.5, 0.6) is 11.5 Å². The average Bonchev–Trinajstić information content (AvgIpc) is 2.41. The van der Waals surface area contributed by atoms with Crippen LogP contribution in [0.25, 0.3) is 0 Å². The van der Waals surface area contributed by atoms with Crippen molar-refractivity contribution in [3.8, 4) is 11.5 Å². The molecule has 1 unspecified atom stereocenters. The van der Waals surface area contributed by atoms with Crippen LogP contribution in [0.2, 0.25) is 0 Å². The first kappa shape index (κ1) is 13.2. The zero-order chi connectivity index (χ0) is 13.0. The highest BCUT2D eigenvalue weighted by Crippen LogP contribution is 2.26. The molecule has 0 amide bonds. The molecular weight excluding hydrogens is 230 g/mol. The van der Waals surface area contributed by atoms with E-state index in [0.717, 1.165) is 38.3 Å². The number of methoxy groups -OCH3 is 1. The Kier molecular flexibility index (Phi) is 4.44. The van der Waals surface area contributed by atoms with Crippen molar-refractivity contribution < 1.29 is 14.6 Å². The van der Waals surface area contributed by atoms with Gasteiger partial charge in [0.05, 0.1) is 20.3 Å². The van der Waals surface area contributed by atoms with Gasteiger partial charge in [-0.2, -0.15) is 0 Å². The van der Waals surface area contributed by atoms with Crippen molar-refractivity contribution in [1.29, 1.82) is 0 Å². The molecule has 1 N–H and O–H groups in total. The van der Waals surface area contributed by atoms with E-state index in [1.165, 1.54) is 0 Å². The summed E-state index contributed by atoms with van der Waals surface area (Å²) in [5.74, 6) is 0.987. The summed E-state index contributed by atoms with van der Waals surface area (Å²) in [5, 5.41) is 9.97. The third kappa shape index (κ3) is 2.94. The minimum Gasteiger partial charge on any atom is -0.507 e. The van der Waals surface area contributed by atoms with Gasteiger partial charge in [-0.1, -0.05) is 13.0 Å². The number of benzene rings is 1. The minimum absolute atomic E-state index is 0.302. The van der Waals surface area contributed by atoms with Crippen molar-refractivity contribution in [3.63, 3.8) is 0 Å². The van der Waals surface area contributed by atoms with Crippen LogP contribution >= 0.6 is 0 Å². The molecule has 1 heterocycles. The first-order valence-corrected chi connectivity index (χ1v) is 6.42. The average molecular weight is 251 g/mol. The fraction of sp³-hybridized carbons (Fsp3) is 0.571. The number of aromatic hydroxyl groups is 1. The van der Waals surface area contributed by atoms with Crippen molar-refractivity contribution in [2.45, 2.75) is 25.9 Å². The molecule has 0 spiro atoms. The molecule has 18 heavy (non-hydrogen) atoms. The van der Waals surface area contributed by atoms with E-state index in [-0.39, 0.29) is 0 Å². The normalized spacial score (nSPS) is 20.9. The van der Waals surface area contributed by atoms with Crippen LogP contribution in [0, 0.1) is 0 Å². The van der Waals surface area contributed by atoms with Crippen LogP contribution in [0.1, 0.15) is 18.9 Å². The van der Waals surface area contributed by atoms with Gasteiger partial charge in [-0.05, 0) is 12.5 Å². The summed E-state index contributed by atoms with van der Waals surface area (Å²) < 4.78 is 10.6. The predicted molar refractivity (Wildman–Crippen MR) is 70.0 cm³/mol. The number of hydrogen-bond acceptors (Lipinski definition) is 4. The van der Waals surface area contributed by atoms with Gasteiger partial charge in [0.25, 0.3) is 0 Å². The number of hydrogen-bond donors (Lipinski definition) is 1. The highest BCUT2D eigenvalue weighted by Gasteiger charge is 2.22. The second kappa shape index (κ2) is 6.07. The maximum atomic E-state index is 9.97. The van der Waals surface area contributed by atoms with Crippen LogP contribution in [0.4, 0.5) is 0 Å². The second-order valence-corrected chi connectivity index (χ2v) is 4.60. The third-order valence-corrected chi connectivity index (χ3v) is 3.49. The van der Waals surface area contributed by atoms with Crippen molar-refractivity contribution in [2.75, 3.05) is 26.9 Å². The van der Waals surface area contributed by atoms with E-state index in [4.69, 9.17) is 9.47 Å². The topological polar surface area (TPSA) is 41.9 Å². The predicted octanol–water partition coefficient (Wildman–Crippen LogP) is 2.01. The summed E-state index contributed by atoms with van der Waals surface area (Å²) in [5.41, 5.74) is 0.941. The van der Waals surface area contributed by atoms with E-state index in [1.54, 1.807) is 13.2 Å². The van der Waals surface area contributed by atoms with Gasteiger partial charge in [0, 0.05) is 30.8 Å². The molecule has 1 atom stereocenters. The Morgan fingerprint density at radius 2 is 2.33 bits per heavy atom. The SMILES string of the molecule is CCC1COCCN1Cc1ccc(OC)cc1O. The molecule has 1 saturated heterocycles. The summed E-state index contributed by atoms with van der Waals surface area (Å²) in [6, 6.07) is 5.92. The zero-order valence-corrected chi connectivity index (χ0v) is 11.1. The lowest BCUT2D eigenvalue weighted by molar-refractivity contribution is -0.0130. The molecule has 0 aliphatic carbocycles. The Labute approximate surface area is 108 Å². The quantitative estimate of drug-likeness (QED) is 0.889. The summed E-state index contributed by atoms with van der Waals surface area (Å²) in [6.45, 7) is 5.41. The van der Waals surface area contributed by atoms with E-state index in [2.05, 4.69) is 11.8 Å². The number of phenols is 1. The molecule has 0 saturated carbocycles. The fourth-order valence-electron chi connectivity index (χ4n) is 2.30. The Bertz CT molecular complexity index is 395. The zero-order valence-electron chi connectivity index (χ0n) is 11.1. The minimum atomic E-state index is 0.302. The van der Waals surface area contributed by atoms with Crippen LogP contribution in [0.15, 0.2) is 18.2 Å². The summed E-state index contributed by atoms with van der Waals surface area (Å²) in [6.07, 6.45) is 1.07. The van der Waals surface area contributed by atoms with Gasteiger partial charge in [-0.3, -0.25) is 4.90 Å². The molecule has 1 aromatic rings. The van der Waals surface area contributed by atoms with E-state index in [0.29, 0.717) is 17.5 Å². The largest absolute Gasteiger partial charge is 0.507 e. The standard InChI is InChI=1S/C14H21NO3/c1-3-12-10-18-7-6-15(12)9-11-4-5-13(17-2)8-14(11)16/h4-5,8,12,16H,3,6-7,9-10H2,1-2H3. The molecule has 1 fully saturated rings. The Morgan fingerprint density at radius 1 is 1.50 bits per heavy atom. The first-order valence-electron chi connectivity index (χ1n) is 6.42. The Hall–Kier alpha value is -1.26. The van der Waals surface area contributed by atoms with Gasteiger partial charge in [-0.15, -0.1) is 0 Å². The molecule has 100 valence electrons. The maximum absolute atomic E-state index is 9.97. The summed E-state index contributed by atoms with van der Waals surface area (Å²) >= 11 is 0. The van der Waals surface area contributed by atoms with E-state index < -0.39 is 0 Å². The fourth-order valence-corrected chi connectivity index (χ4v) is 2.30. The summed E-state index contributed by atoms with van der Waals surface area (Å²) in [7, 11) is 1.60. The van der Waals surface area contributed by atoms with Crippen LogP contribution in [-0.2, 0) is 11.3 Å². The lowest BCUT2D eigenvalue weighted by atomic mass is 10.1. The Morgan fingerprint density at radius 3 is 3.00 bits per heavy atom. The van der Waals surface area contributed by atoms with Crippen molar-refractivity contribution in [3.05, 3.63) is 23.8 Å². The Balaban J connectivity index is 2.07. The van der Waals surface area contributed by atoms with Crippen LogP contribution in [-0.4, -0.2) is 42.9 Å². The molecule has 2 rings (SSSR count). The second-order valence-electron chi connectivity index (χ2n) is 4.60. The smallest absolute Gasteiger partial charge is 0.123 e. The molecule has 1 aromatic carbocycles. The first-order chi connectivity index (χ1) is 8.74. The lowest BCUT2D eigenvalue weighted by Crippen LogP contribution is -2.44. The monoisotopic (exact) mass is 251 g/mol. The molecule has 4 nitrogen and oxygen atoms in total. The van der Waals surface area contributed by atoms with Gasteiger partial charge < -0.3 is 14.6 Å². The van der Waals surface area contributed by atoms with Gasteiger partial charge in [0.15, 0.2) is 0 Å². The van der Waals surface area contributed by atoms with E-state index in [1.807, 2.05) is 12.1 Å². The molecule has 0 bridgehead atoms. The lowest BCUT2D eigenvalue weighted by Gasteiger charge is -2.35. The molecule has 0 radical (unpaired) electrons. The van der Waals surface area contributed by atoms with Crippen molar-refractivity contribution >= 4 is 0 Å².